The molecule has 2 aliphatic heterocycles. The minimum atomic E-state index is -1.78. The van der Waals surface area contributed by atoms with Gasteiger partial charge >= 0.3 is 0 Å². The van der Waals surface area contributed by atoms with Crippen LogP contribution in [-0.2, 0) is 23.7 Å². The summed E-state index contributed by atoms with van der Waals surface area (Å²) in [6.07, 6.45) is 26.4. The molecular weight excluding hydrogens is 859 g/mol. The van der Waals surface area contributed by atoms with Crippen LogP contribution in [0.3, 0.4) is 0 Å². The van der Waals surface area contributed by atoms with E-state index in [1.165, 1.54) is 128 Å². The van der Waals surface area contributed by atoms with E-state index >= 15 is 0 Å². The summed E-state index contributed by atoms with van der Waals surface area (Å²) >= 11 is 0. The van der Waals surface area contributed by atoms with Crippen molar-refractivity contribution in [1.29, 1.82) is 0 Å². The molecule has 67 heavy (non-hydrogen) atoms. The Balaban J connectivity index is 1.79. The lowest BCUT2D eigenvalue weighted by atomic mass is 9.97. The van der Waals surface area contributed by atoms with Gasteiger partial charge in [0.1, 0.15) is 48.8 Å². The Hall–Kier alpha value is -1.27. The smallest absolute Gasteiger partial charge is 0.220 e. The summed E-state index contributed by atoms with van der Waals surface area (Å²) in [7, 11) is 0. The first kappa shape index (κ1) is 61.8. The lowest BCUT2D eigenvalue weighted by molar-refractivity contribution is -0.359. The van der Waals surface area contributed by atoms with E-state index in [1.54, 1.807) is 0 Å². The second kappa shape index (κ2) is 40.3. The fourth-order valence-corrected chi connectivity index (χ4v) is 9.23. The van der Waals surface area contributed by atoms with Gasteiger partial charge in [-0.2, -0.15) is 0 Å². The molecule has 2 saturated heterocycles. The van der Waals surface area contributed by atoms with Gasteiger partial charge in [0.2, 0.25) is 5.91 Å². The summed E-state index contributed by atoms with van der Waals surface area (Å²) in [5.74, 6) is -0.214. The SMILES string of the molecule is CCCCCC/C=C\CCCCCCCC(=O)NC(COC1OC(CO)C(OC2OC(CO)C(O)C(O)C2O)C(O)C1O)C(O)CCCCCCCCCCCCCCCCCCCCCC. The van der Waals surface area contributed by atoms with E-state index in [2.05, 4.69) is 31.3 Å². The molecule has 0 aliphatic carbocycles. The number of hydrogen-bond donors (Lipinski definition) is 9. The van der Waals surface area contributed by atoms with E-state index < -0.39 is 86.8 Å². The molecule has 0 spiro atoms. The van der Waals surface area contributed by atoms with Crippen LogP contribution in [0.25, 0.3) is 0 Å². The molecule has 2 fully saturated rings. The Morgan fingerprint density at radius 2 is 0.940 bits per heavy atom. The third-order valence-electron chi connectivity index (χ3n) is 13.7. The highest BCUT2D eigenvalue weighted by atomic mass is 16.7. The number of carbonyl (C=O) groups is 1. The van der Waals surface area contributed by atoms with Crippen molar-refractivity contribution in [3.63, 3.8) is 0 Å². The maximum Gasteiger partial charge on any atom is 0.220 e. The van der Waals surface area contributed by atoms with Gasteiger partial charge in [0, 0.05) is 6.42 Å². The fraction of sp³-hybridized carbons (Fsp3) is 0.943. The fourth-order valence-electron chi connectivity index (χ4n) is 9.23. The predicted molar refractivity (Wildman–Crippen MR) is 263 cm³/mol. The first-order valence-electron chi connectivity index (χ1n) is 27.4. The molecule has 2 aliphatic rings. The van der Waals surface area contributed by atoms with Gasteiger partial charge in [0.25, 0.3) is 0 Å². The van der Waals surface area contributed by atoms with Crippen LogP contribution < -0.4 is 5.32 Å². The van der Waals surface area contributed by atoms with Crippen LogP contribution in [0.5, 0.6) is 0 Å². The molecule has 12 atom stereocenters. The summed E-state index contributed by atoms with van der Waals surface area (Å²) in [5.41, 5.74) is 0. The first-order valence-corrected chi connectivity index (χ1v) is 27.4. The number of aliphatic hydroxyl groups excluding tert-OH is 8. The van der Waals surface area contributed by atoms with E-state index in [1.807, 2.05) is 0 Å². The normalized spacial score (nSPS) is 26.6. The molecule has 0 radical (unpaired) electrons. The summed E-state index contributed by atoms with van der Waals surface area (Å²) in [6, 6.07) is -0.829. The van der Waals surface area contributed by atoms with Gasteiger partial charge in [-0.05, 0) is 38.5 Å². The molecule has 0 aromatic rings. The Kier molecular flexibility index (Phi) is 37.2. The van der Waals surface area contributed by atoms with E-state index in [0.29, 0.717) is 19.3 Å². The van der Waals surface area contributed by atoms with Crippen molar-refractivity contribution < 1.29 is 64.6 Å². The van der Waals surface area contributed by atoms with Crippen LogP contribution in [0.4, 0.5) is 0 Å². The zero-order valence-electron chi connectivity index (χ0n) is 42.2. The predicted octanol–water partition coefficient (Wildman–Crippen LogP) is 7.94. The van der Waals surface area contributed by atoms with E-state index in [4.69, 9.17) is 18.9 Å². The van der Waals surface area contributed by atoms with Crippen LogP contribution in [0.15, 0.2) is 12.2 Å². The molecular formula is C53H101NO13. The summed E-state index contributed by atoms with van der Waals surface area (Å²) in [5, 5.41) is 87.0. The number of allylic oxidation sites excluding steroid dienone is 2. The number of unbranched alkanes of at least 4 members (excludes halogenated alkanes) is 28. The standard InChI is InChI=1S/C53H101NO13/c1-3-5-7-9-11-13-15-17-18-19-20-21-22-23-25-26-28-30-32-34-36-42(57)41(54-45(58)37-35-33-31-29-27-24-16-14-12-10-8-6-4-2)40-64-52-50(63)48(61)51(44(39-56)66-52)67-53-49(62)47(60)46(59)43(38-55)65-53/h14,16,41-44,46-53,55-57,59-63H,3-13,15,17-40H2,1-2H3,(H,54,58)/b16-14-. The van der Waals surface area contributed by atoms with Gasteiger partial charge in [0.05, 0.1) is 32.0 Å². The van der Waals surface area contributed by atoms with Crippen molar-refractivity contribution in [2.75, 3.05) is 19.8 Å². The molecule has 9 N–H and O–H groups in total. The zero-order valence-corrected chi connectivity index (χ0v) is 42.2. The Bertz CT molecular complexity index is 1180. The largest absolute Gasteiger partial charge is 0.394 e. The molecule has 12 unspecified atom stereocenters. The Labute approximate surface area is 406 Å². The first-order chi connectivity index (χ1) is 32.6. The van der Waals surface area contributed by atoms with Crippen LogP contribution in [-0.4, -0.2) is 140 Å². The maximum atomic E-state index is 13.2. The van der Waals surface area contributed by atoms with Gasteiger partial charge in [-0.1, -0.05) is 193 Å². The van der Waals surface area contributed by atoms with Crippen LogP contribution in [0.1, 0.15) is 226 Å². The lowest BCUT2D eigenvalue weighted by Gasteiger charge is -2.46. The Morgan fingerprint density at radius 1 is 0.522 bits per heavy atom. The molecule has 0 bridgehead atoms. The van der Waals surface area contributed by atoms with E-state index in [0.717, 1.165) is 64.2 Å². The number of amides is 1. The van der Waals surface area contributed by atoms with Crippen molar-refractivity contribution in [1.82, 2.24) is 5.32 Å². The van der Waals surface area contributed by atoms with Gasteiger partial charge in [-0.3, -0.25) is 4.79 Å². The van der Waals surface area contributed by atoms with E-state index in [-0.39, 0.29) is 12.5 Å². The number of ether oxygens (including phenoxy) is 4. The van der Waals surface area contributed by atoms with Crippen LogP contribution in [0.2, 0.25) is 0 Å². The van der Waals surface area contributed by atoms with Crippen molar-refractivity contribution in [2.45, 2.75) is 299 Å². The highest BCUT2D eigenvalue weighted by Crippen LogP contribution is 2.30. The second-order valence-electron chi connectivity index (χ2n) is 19.7. The number of aliphatic hydroxyl groups is 8. The van der Waals surface area contributed by atoms with Crippen molar-refractivity contribution in [3.05, 3.63) is 12.2 Å². The molecule has 14 nitrogen and oxygen atoms in total. The van der Waals surface area contributed by atoms with Crippen molar-refractivity contribution in [3.8, 4) is 0 Å². The third kappa shape index (κ3) is 27.2. The zero-order chi connectivity index (χ0) is 48.9. The summed E-state index contributed by atoms with van der Waals surface area (Å²) in [6.45, 7) is 2.85. The van der Waals surface area contributed by atoms with Gasteiger partial charge in [-0.25, -0.2) is 0 Å². The third-order valence-corrected chi connectivity index (χ3v) is 13.7. The minimum Gasteiger partial charge on any atom is -0.394 e. The van der Waals surface area contributed by atoms with E-state index in [9.17, 15) is 45.6 Å². The van der Waals surface area contributed by atoms with Gasteiger partial charge in [0.15, 0.2) is 12.6 Å². The maximum absolute atomic E-state index is 13.2. The van der Waals surface area contributed by atoms with Crippen molar-refractivity contribution in [2.24, 2.45) is 0 Å². The summed E-state index contributed by atoms with van der Waals surface area (Å²) in [4.78, 5) is 13.2. The quantitative estimate of drug-likeness (QED) is 0.0209. The van der Waals surface area contributed by atoms with Gasteiger partial charge in [-0.15, -0.1) is 0 Å². The highest BCUT2D eigenvalue weighted by Gasteiger charge is 2.51. The molecule has 0 aromatic heterocycles. The highest BCUT2D eigenvalue weighted by molar-refractivity contribution is 5.76. The minimum absolute atomic E-state index is 0.214. The average molecular weight is 960 g/mol. The molecule has 2 heterocycles. The number of nitrogens with one attached hydrogen (secondary N) is 1. The monoisotopic (exact) mass is 960 g/mol. The molecule has 0 aromatic carbocycles. The molecule has 1 amide bonds. The Morgan fingerprint density at radius 3 is 1.43 bits per heavy atom. The molecule has 14 heteroatoms. The number of hydrogen-bond acceptors (Lipinski definition) is 13. The second-order valence-corrected chi connectivity index (χ2v) is 19.7. The lowest BCUT2D eigenvalue weighted by Crippen LogP contribution is -2.65. The number of carbonyl (C=O) groups excluding carboxylic acids is 1. The van der Waals surface area contributed by atoms with Crippen LogP contribution in [0, 0.1) is 0 Å². The van der Waals surface area contributed by atoms with Crippen molar-refractivity contribution >= 4 is 5.91 Å². The molecule has 2 rings (SSSR count). The molecule has 0 saturated carbocycles. The van der Waals surface area contributed by atoms with Crippen LogP contribution >= 0.6 is 0 Å². The number of rotatable bonds is 43. The summed E-state index contributed by atoms with van der Waals surface area (Å²) < 4.78 is 22.8. The molecule has 396 valence electrons. The van der Waals surface area contributed by atoms with Gasteiger partial charge < -0.3 is 65.1 Å². The average Bonchev–Trinajstić information content (AvgIpc) is 3.32. The topological polar surface area (TPSA) is 228 Å².